The second-order valence-electron chi connectivity index (χ2n) is 6.39. The molecule has 6 nitrogen and oxygen atoms in total. The van der Waals surface area contributed by atoms with E-state index in [1.54, 1.807) is 28.6 Å². The zero-order chi connectivity index (χ0) is 19.0. The van der Waals surface area contributed by atoms with Gasteiger partial charge in [0.15, 0.2) is 0 Å². The van der Waals surface area contributed by atoms with Crippen LogP contribution in [0.15, 0.2) is 18.2 Å². The zero-order valence-corrected chi connectivity index (χ0v) is 16.4. The quantitative estimate of drug-likeness (QED) is 0.869. The van der Waals surface area contributed by atoms with E-state index in [1.807, 2.05) is 19.9 Å². The Kier molecular flexibility index (Phi) is 5.25. The standard InChI is InChI=1S/C18H20Cl2N4O2/c1-10-14(9-17(25)23-7-6-21-18(26)12(23)3)11(2)24(22-10)13-4-5-15(19)16(20)8-13/h4-5,8,12H,6-7,9H2,1-3H3,(H,21,26). The number of amides is 2. The van der Waals surface area contributed by atoms with Crippen molar-refractivity contribution in [2.24, 2.45) is 0 Å². The normalized spacial score (nSPS) is 17.3. The van der Waals surface area contributed by atoms with Gasteiger partial charge in [0.1, 0.15) is 6.04 Å². The van der Waals surface area contributed by atoms with Crippen LogP contribution in [0.2, 0.25) is 10.0 Å². The van der Waals surface area contributed by atoms with Gasteiger partial charge in [0.2, 0.25) is 11.8 Å². The zero-order valence-electron chi connectivity index (χ0n) is 14.8. The first-order valence-electron chi connectivity index (χ1n) is 8.37. The molecule has 1 aliphatic heterocycles. The first-order chi connectivity index (χ1) is 12.3. The van der Waals surface area contributed by atoms with Crippen LogP contribution in [-0.2, 0) is 16.0 Å². The largest absolute Gasteiger partial charge is 0.353 e. The van der Waals surface area contributed by atoms with Crippen LogP contribution in [-0.4, -0.2) is 45.6 Å². The molecule has 1 atom stereocenters. The molecule has 1 saturated heterocycles. The van der Waals surface area contributed by atoms with Gasteiger partial charge < -0.3 is 10.2 Å². The lowest BCUT2D eigenvalue weighted by Gasteiger charge is -2.32. The molecule has 1 aromatic carbocycles. The number of nitrogens with one attached hydrogen (secondary N) is 1. The fraction of sp³-hybridized carbons (Fsp3) is 0.389. The molecule has 2 amide bonds. The maximum atomic E-state index is 12.7. The van der Waals surface area contributed by atoms with Gasteiger partial charge in [-0.3, -0.25) is 9.59 Å². The molecule has 0 radical (unpaired) electrons. The number of benzene rings is 1. The average molecular weight is 395 g/mol. The van der Waals surface area contributed by atoms with E-state index in [-0.39, 0.29) is 18.2 Å². The summed E-state index contributed by atoms with van der Waals surface area (Å²) in [5, 5.41) is 8.24. The lowest BCUT2D eigenvalue weighted by molar-refractivity contribution is -0.142. The van der Waals surface area contributed by atoms with Crippen LogP contribution in [0.1, 0.15) is 23.9 Å². The number of nitrogens with zero attached hydrogens (tertiary/aromatic N) is 3. The van der Waals surface area contributed by atoms with Gasteiger partial charge in [-0.2, -0.15) is 5.10 Å². The van der Waals surface area contributed by atoms with E-state index in [0.717, 1.165) is 22.6 Å². The molecule has 2 heterocycles. The molecule has 1 unspecified atom stereocenters. The number of hydrogen-bond donors (Lipinski definition) is 1. The molecule has 138 valence electrons. The molecule has 1 aromatic heterocycles. The lowest BCUT2D eigenvalue weighted by atomic mass is 10.1. The van der Waals surface area contributed by atoms with Crippen molar-refractivity contribution in [2.45, 2.75) is 33.2 Å². The first kappa shape index (κ1) is 18.7. The molecule has 0 saturated carbocycles. The van der Waals surface area contributed by atoms with Gasteiger partial charge in [-0.05, 0) is 39.0 Å². The predicted molar refractivity (Wildman–Crippen MR) is 101 cm³/mol. The molecule has 0 aliphatic carbocycles. The minimum Gasteiger partial charge on any atom is -0.353 e. The van der Waals surface area contributed by atoms with Crippen LogP contribution < -0.4 is 5.32 Å². The molecule has 26 heavy (non-hydrogen) atoms. The van der Waals surface area contributed by atoms with Crippen molar-refractivity contribution in [3.63, 3.8) is 0 Å². The summed E-state index contributed by atoms with van der Waals surface area (Å²) in [4.78, 5) is 26.2. The third-order valence-electron chi connectivity index (χ3n) is 4.74. The molecule has 0 bridgehead atoms. The Hall–Kier alpha value is -2.05. The van der Waals surface area contributed by atoms with Crippen LogP contribution in [0.5, 0.6) is 0 Å². The second-order valence-corrected chi connectivity index (χ2v) is 7.20. The summed E-state index contributed by atoms with van der Waals surface area (Å²) in [7, 11) is 0. The van der Waals surface area contributed by atoms with Gasteiger partial charge in [0, 0.05) is 24.3 Å². The molecule has 1 N–H and O–H groups in total. The number of halogens is 2. The number of carbonyl (C=O) groups is 2. The second kappa shape index (κ2) is 7.29. The number of rotatable bonds is 3. The fourth-order valence-electron chi connectivity index (χ4n) is 3.17. The molecular weight excluding hydrogens is 375 g/mol. The van der Waals surface area contributed by atoms with Crippen molar-refractivity contribution in [1.82, 2.24) is 20.0 Å². The third kappa shape index (κ3) is 3.44. The highest BCUT2D eigenvalue weighted by atomic mass is 35.5. The molecular formula is C18H20Cl2N4O2. The smallest absolute Gasteiger partial charge is 0.242 e. The van der Waals surface area contributed by atoms with Crippen LogP contribution in [0.4, 0.5) is 0 Å². The Morgan fingerprint density at radius 1 is 1.31 bits per heavy atom. The summed E-state index contributed by atoms with van der Waals surface area (Å²) in [6.07, 6.45) is 0.205. The van der Waals surface area contributed by atoms with E-state index in [2.05, 4.69) is 10.4 Å². The van der Waals surface area contributed by atoms with Crippen molar-refractivity contribution >= 4 is 35.0 Å². The minimum absolute atomic E-state index is 0.0766. The van der Waals surface area contributed by atoms with Crippen LogP contribution in [0, 0.1) is 13.8 Å². The Morgan fingerprint density at radius 2 is 2.04 bits per heavy atom. The van der Waals surface area contributed by atoms with Crippen molar-refractivity contribution in [2.75, 3.05) is 13.1 Å². The van der Waals surface area contributed by atoms with E-state index >= 15 is 0 Å². The van der Waals surface area contributed by atoms with E-state index < -0.39 is 6.04 Å². The topological polar surface area (TPSA) is 67.2 Å². The van der Waals surface area contributed by atoms with Crippen LogP contribution in [0.25, 0.3) is 5.69 Å². The van der Waals surface area contributed by atoms with E-state index in [4.69, 9.17) is 23.2 Å². The predicted octanol–water partition coefficient (Wildman–Crippen LogP) is 2.69. The summed E-state index contributed by atoms with van der Waals surface area (Å²) < 4.78 is 1.76. The van der Waals surface area contributed by atoms with Crippen molar-refractivity contribution in [3.8, 4) is 5.69 Å². The van der Waals surface area contributed by atoms with Gasteiger partial charge in [-0.1, -0.05) is 23.2 Å². The summed E-state index contributed by atoms with van der Waals surface area (Å²) in [5.41, 5.74) is 3.28. The summed E-state index contributed by atoms with van der Waals surface area (Å²) >= 11 is 12.1. The van der Waals surface area contributed by atoms with Crippen LogP contribution >= 0.6 is 23.2 Å². The molecule has 2 aromatic rings. The molecule has 0 spiro atoms. The minimum atomic E-state index is -0.457. The SMILES string of the molecule is Cc1nn(-c2ccc(Cl)c(Cl)c2)c(C)c1CC(=O)N1CCNC(=O)C1C. The van der Waals surface area contributed by atoms with Gasteiger partial charge in [0.05, 0.1) is 27.8 Å². The van der Waals surface area contributed by atoms with E-state index in [0.29, 0.717) is 23.1 Å². The average Bonchev–Trinajstić information content (AvgIpc) is 2.88. The van der Waals surface area contributed by atoms with Gasteiger partial charge >= 0.3 is 0 Å². The van der Waals surface area contributed by atoms with Gasteiger partial charge in [0.25, 0.3) is 0 Å². The Balaban J connectivity index is 1.87. The number of carbonyl (C=O) groups excluding carboxylic acids is 2. The molecule has 3 rings (SSSR count). The summed E-state index contributed by atoms with van der Waals surface area (Å²) in [5.74, 6) is -0.197. The third-order valence-corrected chi connectivity index (χ3v) is 5.48. The van der Waals surface area contributed by atoms with Gasteiger partial charge in [-0.15, -0.1) is 0 Å². The summed E-state index contributed by atoms with van der Waals surface area (Å²) in [6.45, 7) is 6.53. The van der Waals surface area contributed by atoms with Crippen LogP contribution in [0.3, 0.4) is 0 Å². The maximum absolute atomic E-state index is 12.7. The fourth-order valence-corrected chi connectivity index (χ4v) is 3.47. The van der Waals surface area contributed by atoms with Gasteiger partial charge in [-0.25, -0.2) is 4.68 Å². The Labute approximate surface area is 162 Å². The Morgan fingerprint density at radius 3 is 2.73 bits per heavy atom. The van der Waals surface area contributed by atoms with Crippen molar-refractivity contribution < 1.29 is 9.59 Å². The van der Waals surface area contributed by atoms with Crippen molar-refractivity contribution in [1.29, 1.82) is 0 Å². The number of piperazine rings is 1. The molecule has 1 aliphatic rings. The van der Waals surface area contributed by atoms with E-state index in [9.17, 15) is 9.59 Å². The summed E-state index contributed by atoms with van der Waals surface area (Å²) in [6, 6.07) is 4.83. The highest BCUT2D eigenvalue weighted by Gasteiger charge is 2.30. The maximum Gasteiger partial charge on any atom is 0.242 e. The Bertz CT molecular complexity index is 878. The number of aryl methyl sites for hydroxylation is 1. The molecule has 8 heteroatoms. The van der Waals surface area contributed by atoms with E-state index in [1.165, 1.54) is 0 Å². The highest BCUT2D eigenvalue weighted by molar-refractivity contribution is 6.42. The molecule has 1 fully saturated rings. The van der Waals surface area contributed by atoms with Crippen molar-refractivity contribution in [3.05, 3.63) is 45.2 Å². The highest BCUT2D eigenvalue weighted by Crippen LogP contribution is 2.26. The lowest BCUT2D eigenvalue weighted by Crippen LogP contribution is -2.56. The number of hydrogen-bond acceptors (Lipinski definition) is 3. The first-order valence-corrected chi connectivity index (χ1v) is 9.13. The number of aromatic nitrogens is 2. The monoisotopic (exact) mass is 394 g/mol.